The molecular formula is C43H55N5O9. The fourth-order valence-corrected chi connectivity index (χ4v) is 6.56. The number of nitrogens with zero attached hydrogens (tertiary/aromatic N) is 2. The summed E-state index contributed by atoms with van der Waals surface area (Å²) in [7, 11) is 0. The number of benzene rings is 3. The van der Waals surface area contributed by atoms with Crippen LogP contribution in [0, 0.1) is 0 Å². The van der Waals surface area contributed by atoms with Gasteiger partial charge in [-0.1, -0.05) is 91.0 Å². The lowest BCUT2D eigenvalue weighted by Crippen LogP contribution is -2.55. The number of carbonyl (C=O) groups excluding carboxylic acids is 5. The highest BCUT2D eigenvalue weighted by atomic mass is 16.6. The van der Waals surface area contributed by atoms with Crippen LogP contribution < -0.4 is 16.0 Å². The smallest absolute Gasteiger partial charge is 0.410 e. The number of aliphatic carboxylic acids is 1. The highest BCUT2D eigenvalue weighted by molar-refractivity contribution is 5.95. The van der Waals surface area contributed by atoms with Crippen molar-refractivity contribution in [2.45, 2.75) is 103 Å². The number of carbonyl (C=O) groups is 6. The van der Waals surface area contributed by atoms with Crippen molar-refractivity contribution in [3.05, 3.63) is 108 Å². The summed E-state index contributed by atoms with van der Waals surface area (Å²) in [5, 5.41) is 18.3. The molecule has 0 spiro atoms. The van der Waals surface area contributed by atoms with Gasteiger partial charge in [0.25, 0.3) is 0 Å². The van der Waals surface area contributed by atoms with Gasteiger partial charge in [-0.3, -0.25) is 19.3 Å². The van der Waals surface area contributed by atoms with E-state index in [0.717, 1.165) is 16.7 Å². The van der Waals surface area contributed by atoms with Crippen LogP contribution in [-0.4, -0.2) is 100 Å². The summed E-state index contributed by atoms with van der Waals surface area (Å²) in [5.74, 6) is -2.92. The van der Waals surface area contributed by atoms with Gasteiger partial charge in [-0.25, -0.2) is 14.4 Å². The van der Waals surface area contributed by atoms with Crippen molar-refractivity contribution in [2.24, 2.45) is 0 Å². The molecule has 1 aliphatic rings. The predicted octanol–water partition coefficient (Wildman–Crippen LogP) is 4.85. The highest BCUT2D eigenvalue weighted by Crippen LogP contribution is 2.25. The highest BCUT2D eigenvalue weighted by Gasteiger charge is 2.44. The second kappa shape index (κ2) is 21.4. The van der Waals surface area contributed by atoms with Gasteiger partial charge in [-0.05, 0) is 76.5 Å². The lowest BCUT2D eigenvalue weighted by atomic mass is 10.0. The van der Waals surface area contributed by atoms with E-state index in [0.29, 0.717) is 19.3 Å². The molecule has 0 bridgehead atoms. The molecular weight excluding hydrogens is 730 g/mol. The van der Waals surface area contributed by atoms with Gasteiger partial charge in [0.05, 0.1) is 0 Å². The standard InChI is InChI=1S/C43H55N5O9/c1-30-26-35(39(51)48(30)36(40(52)53)22-14-15-24-44-41(54)56-29-33-20-12-7-13-21-33)46-38(50)34(27-32-18-10-6-11-19-32)45-37(49)28-47(42(55)57-43(2,3)4)25-23-31-16-8-5-9-17-31/h5-13,16-21,30,34-36H,14-15,22-29H2,1-4H3,(H,44,54)(H,45,49)(H,46,50)(H,52,53)/t30?,34-,35-,36?/m1/s1. The van der Waals surface area contributed by atoms with E-state index in [4.69, 9.17) is 9.47 Å². The number of rotatable bonds is 19. The topological polar surface area (TPSA) is 184 Å². The first kappa shape index (κ1) is 43.8. The molecule has 0 saturated carbocycles. The van der Waals surface area contributed by atoms with Crippen LogP contribution in [0.2, 0.25) is 0 Å². The van der Waals surface area contributed by atoms with Gasteiger partial charge < -0.3 is 35.4 Å². The quantitative estimate of drug-likeness (QED) is 0.124. The number of nitrogens with one attached hydrogen (secondary N) is 3. The van der Waals surface area contributed by atoms with Gasteiger partial charge in [0.15, 0.2) is 0 Å². The van der Waals surface area contributed by atoms with E-state index < -0.39 is 65.6 Å². The molecule has 4 atom stereocenters. The van der Waals surface area contributed by atoms with Gasteiger partial charge in [-0.2, -0.15) is 0 Å². The Bertz CT molecular complexity index is 1790. The van der Waals surface area contributed by atoms with Crippen LogP contribution in [0.25, 0.3) is 0 Å². The van der Waals surface area contributed by atoms with Crippen LogP contribution in [0.15, 0.2) is 91.0 Å². The van der Waals surface area contributed by atoms with E-state index >= 15 is 0 Å². The number of likely N-dealkylation sites (tertiary alicyclic amines) is 1. The summed E-state index contributed by atoms with van der Waals surface area (Å²) in [4.78, 5) is 81.5. The molecule has 5 amide bonds. The van der Waals surface area contributed by atoms with E-state index in [1.165, 1.54) is 9.80 Å². The van der Waals surface area contributed by atoms with Crippen LogP contribution in [0.5, 0.6) is 0 Å². The summed E-state index contributed by atoms with van der Waals surface area (Å²) in [5.41, 5.74) is 1.77. The maximum atomic E-state index is 13.9. The Labute approximate surface area is 334 Å². The largest absolute Gasteiger partial charge is 0.480 e. The fourth-order valence-electron chi connectivity index (χ4n) is 6.56. The van der Waals surface area contributed by atoms with Crippen molar-refractivity contribution < 1.29 is 43.3 Å². The van der Waals surface area contributed by atoms with E-state index in [1.54, 1.807) is 39.8 Å². The normalized spacial score (nSPS) is 16.2. The predicted molar refractivity (Wildman–Crippen MR) is 213 cm³/mol. The number of amides is 5. The molecule has 4 N–H and O–H groups in total. The average molecular weight is 786 g/mol. The average Bonchev–Trinajstić information content (AvgIpc) is 3.44. The molecule has 3 aromatic rings. The fraction of sp³-hybridized carbons (Fsp3) is 0.442. The van der Waals surface area contributed by atoms with Crippen molar-refractivity contribution in [3.63, 3.8) is 0 Å². The van der Waals surface area contributed by atoms with E-state index in [1.807, 2.05) is 78.9 Å². The van der Waals surface area contributed by atoms with Crippen LogP contribution >= 0.6 is 0 Å². The minimum atomic E-state index is -1.17. The molecule has 14 nitrogen and oxygen atoms in total. The second-order valence-electron chi connectivity index (χ2n) is 15.2. The third kappa shape index (κ3) is 14.6. The molecule has 14 heteroatoms. The number of alkyl carbamates (subject to hydrolysis) is 1. The first-order valence-electron chi connectivity index (χ1n) is 19.3. The first-order chi connectivity index (χ1) is 27.2. The number of carboxylic acids is 1. The van der Waals surface area contributed by atoms with Crippen LogP contribution in [0.1, 0.15) is 70.1 Å². The molecule has 0 aliphatic carbocycles. The van der Waals surface area contributed by atoms with Crippen molar-refractivity contribution in [2.75, 3.05) is 19.6 Å². The Morgan fingerprint density at radius 2 is 1.47 bits per heavy atom. The van der Waals surface area contributed by atoms with Crippen molar-refractivity contribution in [1.82, 2.24) is 25.8 Å². The lowest BCUT2D eigenvalue weighted by molar-refractivity contribution is -0.150. The molecule has 57 heavy (non-hydrogen) atoms. The number of unbranched alkanes of at least 4 members (excludes halogenated alkanes) is 1. The molecule has 1 heterocycles. The van der Waals surface area contributed by atoms with Crippen LogP contribution in [-0.2, 0) is 48.1 Å². The molecule has 0 aromatic heterocycles. The maximum Gasteiger partial charge on any atom is 0.410 e. The molecule has 4 rings (SSSR count). The zero-order chi connectivity index (χ0) is 41.4. The Kier molecular flexibility index (Phi) is 16.4. The Morgan fingerprint density at radius 1 is 0.877 bits per heavy atom. The molecule has 3 aromatic carbocycles. The van der Waals surface area contributed by atoms with Gasteiger partial charge >= 0.3 is 18.2 Å². The SMILES string of the molecule is CC1C[C@@H](NC(=O)[C@@H](Cc2ccccc2)NC(=O)CN(CCc2ccccc2)C(=O)OC(C)(C)C)C(=O)N1C(CCCCNC(=O)OCc1ccccc1)C(=O)O. The number of hydrogen-bond donors (Lipinski definition) is 4. The van der Waals surface area contributed by atoms with E-state index in [9.17, 15) is 33.9 Å². The van der Waals surface area contributed by atoms with Crippen molar-refractivity contribution in [3.8, 4) is 0 Å². The summed E-state index contributed by atoms with van der Waals surface area (Å²) < 4.78 is 10.8. The summed E-state index contributed by atoms with van der Waals surface area (Å²) in [6.07, 6.45) is 0.478. The van der Waals surface area contributed by atoms with E-state index in [-0.39, 0.29) is 45.5 Å². The first-order valence-corrected chi connectivity index (χ1v) is 19.3. The number of hydrogen-bond acceptors (Lipinski definition) is 8. The molecule has 1 fully saturated rings. The Morgan fingerprint density at radius 3 is 2.07 bits per heavy atom. The van der Waals surface area contributed by atoms with E-state index in [2.05, 4.69) is 16.0 Å². The van der Waals surface area contributed by atoms with Crippen molar-refractivity contribution in [1.29, 1.82) is 0 Å². The van der Waals surface area contributed by atoms with Gasteiger partial charge in [0.2, 0.25) is 17.7 Å². The second-order valence-corrected chi connectivity index (χ2v) is 15.2. The minimum Gasteiger partial charge on any atom is -0.480 e. The van der Waals surface area contributed by atoms with Gasteiger partial charge in [0.1, 0.15) is 36.9 Å². The summed E-state index contributed by atoms with van der Waals surface area (Å²) in [6, 6.07) is 24.0. The molecule has 0 radical (unpaired) electrons. The number of ether oxygens (including phenoxy) is 2. The summed E-state index contributed by atoms with van der Waals surface area (Å²) in [6.45, 7) is 7.14. The molecule has 1 saturated heterocycles. The third-order valence-corrected chi connectivity index (χ3v) is 9.36. The summed E-state index contributed by atoms with van der Waals surface area (Å²) >= 11 is 0. The van der Waals surface area contributed by atoms with Crippen molar-refractivity contribution >= 4 is 35.9 Å². The molecule has 1 aliphatic heterocycles. The van der Waals surface area contributed by atoms with Gasteiger partial charge in [0, 0.05) is 25.6 Å². The Balaban J connectivity index is 1.36. The maximum absolute atomic E-state index is 13.9. The monoisotopic (exact) mass is 785 g/mol. The van der Waals surface area contributed by atoms with Crippen LogP contribution in [0.4, 0.5) is 9.59 Å². The molecule has 306 valence electrons. The zero-order valence-corrected chi connectivity index (χ0v) is 33.1. The van der Waals surface area contributed by atoms with Gasteiger partial charge in [-0.15, -0.1) is 0 Å². The zero-order valence-electron chi connectivity index (χ0n) is 33.1. The number of carboxylic acid groups (broad SMARTS) is 1. The molecule has 2 unspecified atom stereocenters. The Hall–Kier alpha value is -5.92. The minimum absolute atomic E-state index is 0.0978. The third-order valence-electron chi connectivity index (χ3n) is 9.36. The lowest BCUT2D eigenvalue weighted by Gasteiger charge is -2.29. The van der Waals surface area contributed by atoms with Crippen LogP contribution in [0.3, 0.4) is 0 Å².